The molecule has 0 aliphatic rings. The van der Waals surface area contributed by atoms with Gasteiger partial charge in [-0.25, -0.2) is 4.79 Å². The van der Waals surface area contributed by atoms with E-state index in [2.05, 4.69) is 38.2 Å². The summed E-state index contributed by atoms with van der Waals surface area (Å²) >= 11 is 0. The summed E-state index contributed by atoms with van der Waals surface area (Å²) in [4.78, 5) is 37.8. The number of carbonyl (C=O) groups is 3. The molecule has 2 unspecified atom stereocenters. The van der Waals surface area contributed by atoms with Crippen molar-refractivity contribution in [1.82, 2.24) is 0 Å². The Morgan fingerprint density at radius 2 is 0.568 bits per heavy atom. The van der Waals surface area contributed by atoms with E-state index in [4.69, 9.17) is 18.9 Å². The Labute approximate surface area is 592 Å². The number of quaternary nitrogens is 1. The first-order valence-electron chi connectivity index (χ1n) is 42.5. The SMILES string of the molecule is CCCCCCC/C=C\C/C=C\CCCCCCCCCCCCCCCCCCCCCCCCCC(=O)OC(COC(=O)CCCCCCCCCCCCCCCCCCCCCCCCCCCCCCCCCCCCC)COC(OCC[N+](C)(C)C)C(=O)O. The molecule has 9 nitrogen and oxygen atoms in total. The summed E-state index contributed by atoms with van der Waals surface area (Å²) in [6.07, 6.45) is 96.5. The molecule has 0 aliphatic heterocycles. The molecule has 0 spiro atoms. The number of carboxylic acids is 1. The molecule has 9 heteroatoms. The van der Waals surface area contributed by atoms with Gasteiger partial charge in [0, 0.05) is 12.8 Å². The van der Waals surface area contributed by atoms with Crippen molar-refractivity contribution in [3.05, 3.63) is 24.3 Å². The Morgan fingerprint density at radius 3 is 0.832 bits per heavy atom. The van der Waals surface area contributed by atoms with E-state index in [-0.39, 0.29) is 38.2 Å². The number of esters is 2. The fourth-order valence-electron chi connectivity index (χ4n) is 13.2. The van der Waals surface area contributed by atoms with Crippen molar-refractivity contribution < 1.29 is 42.9 Å². The molecule has 0 aromatic carbocycles. The summed E-state index contributed by atoms with van der Waals surface area (Å²) in [5.41, 5.74) is 0. The number of carbonyl (C=O) groups excluding carboxylic acids is 2. The summed E-state index contributed by atoms with van der Waals surface area (Å²) in [6, 6.07) is 0. The lowest BCUT2D eigenvalue weighted by Crippen LogP contribution is -2.40. The zero-order chi connectivity index (χ0) is 69.0. The van der Waals surface area contributed by atoms with E-state index in [1.807, 2.05) is 21.1 Å². The number of nitrogens with zero attached hydrogens (tertiary/aromatic N) is 1. The number of likely N-dealkylation sites (N-methyl/N-ethyl adjacent to an activating group) is 1. The standard InChI is InChI=1S/C86H165NO8/c1-6-8-10-12-14-16-18-20-22-24-26-28-30-32-34-36-38-40-42-44-46-48-50-52-54-56-58-60-62-64-66-68-70-72-74-76-83(88)93-80-82(81-94-86(85(90)91)92-79-78-87(3,4)5)95-84(89)77-75-73-71-69-67-65-63-61-59-57-55-53-51-49-47-45-43-41-39-37-35-33-31-29-27-25-23-21-19-17-15-13-11-9-7-2/h19,21,25,27,82,86H,6-18,20,22-24,26,28-81H2,1-5H3/p+1/b21-19-,27-25-. The first-order chi connectivity index (χ1) is 46.6. The van der Waals surface area contributed by atoms with Gasteiger partial charge < -0.3 is 28.5 Å². The molecule has 0 aromatic heterocycles. The highest BCUT2D eigenvalue weighted by atomic mass is 16.7. The van der Waals surface area contributed by atoms with Crippen molar-refractivity contribution >= 4 is 17.9 Å². The summed E-state index contributed by atoms with van der Waals surface area (Å²) in [5.74, 6) is -1.96. The van der Waals surface area contributed by atoms with Crippen molar-refractivity contribution in [1.29, 1.82) is 0 Å². The van der Waals surface area contributed by atoms with Crippen molar-refractivity contribution in [2.75, 3.05) is 47.5 Å². The molecule has 0 aliphatic carbocycles. The minimum Gasteiger partial charge on any atom is -0.477 e. The predicted octanol–water partition coefficient (Wildman–Crippen LogP) is 27.3. The second-order valence-corrected chi connectivity index (χ2v) is 30.5. The lowest BCUT2D eigenvalue weighted by molar-refractivity contribution is -0.870. The smallest absolute Gasteiger partial charge is 0.361 e. The van der Waals surface area contributed by atoms with E-state index in [0.29, 0.717) is 17.4 Å². The number of aliphatic carboxylic acids is 1. The molecule has 2 atom stereocenters. The molecular formula is C86H166NO8+. The Bertz CT molecular complexity index is 1610. The third-order valence-electron chi connectivity index (χ3n) is 19.7. The van der Waals surface area contributed by atoms with Crippen LogP contribution in [0.1, 0.15) is 450 Å². The molecule has 0 bridgehead atoms. The van der Waals surface area contributed by atoms with E-state index < -0.39 is 18.4 Å². The number of unbranched alkanes of at least 4 members (excludes halogenated alkanes) is 62. The van der Waals surface area contributed by atoms with Crippen LogP contribution in [0.5, 0.6) is 0 Å². The van der Waals surface area contributed by atoms with E-state index in [1.54, 1.807) is 0 Å². The maximum Gasteiger partial charge on any atom is 0.361 e. The Hall–Kier alpha value is -2.23. The van der Waals surface area contributed by atoms with E-state index in [1.165, 1.54) is 379 Å². The van der Waals surface area contributed by atoms with E-state index >= 15 is 0 Å². The van der Waals surface area contributed by atoms with Gasteiger partial charge in [-0.3, -0.25) is 9.59 Å². The molecule has 0 radical (unpaired) electrons. The number of allylic oxidation sites excluding steroid dienone is 4. The van der Waals surface area contributed by atoms with Crippen LogP contribution in [0.15, 0.2) is 24.3 Å². The summed E-state index contributed by atoms with van der Waals surface area (Å²) in [5, 5.41) is 9.78. The Morgan fingerprint density at radius 1 is 0.316 bits per heavy atom. The van der Waals surface area contributed by atoms with Crippen LogP contribution < -0.4 is 0 Å². The van der Waals surface area contributed by atoms with Crippen LogP contribution >= 0.6 is 0 Å². The molecule has 0 fully saturated rings. The number of rotatable bonds is 81. The summed E-state index contributed by atoms with van der Waals surface area (Å²) < 4.78 is 23.1. The molecular weight excluding hydrogens is 1170 g/mol. The summed E-state index contributed by atoms with van der Waals surface area (Å²) in [7, 11) is 6.00. The lowest BCUT2D eigenvalue weighted by atomic mass is 10.0. The van der Waals surface area contributed by atoms with Gasteiger partial charge in [-0.05, 0) is 44.9 Å². The van der Waals surface area contributed by atoms with Gasteiger partial charge in [0.1, 0.15) is 13.2 Å². The Balaban J connectivity index is 3.92. The zero-order valence-corrected chi connectivity index (χ0v) is 64.6. The zero-order valence-electron chi connectivity index (χ0n) is 64.6. The first-order valence-corrected chi connectivity index (χ1v) is 42.5. The maximum atomic E-state index is 13.0. The van der Waals surface area contributed by atoms with E-state index in [0.717, 1.165) is 44.9 Å². The fourth-order valence-corrected chi connectivity index (χ4v) is 13.2. The molecule has 0 aromatic rings. The highest BCUT2D eigenvalue weighted by Gasteiger charge is 2.25. The van der Waals surface area contributed by atoms with Crippen LogP contribution in [-0.2, 0) is 33.3 Å². The number of hydrogen-bond donors (Lipinski definition) is 1. The van der Waals surface area contributed by atoms with Crippen LogP contribution in [0.2, 0.25) is 0 Å². The average Bonchev–Trinajstić information content (AvgIpc) is 3.58. The normalized spacial score (nSPS) is 12.6. The minimum absolute atomic E-state index is 0.173. The van der Waals surface area contributed by atoms with Gasteiger partial charge in [0.15, 0.2) is 6.10 Å². The molecule has 0 amide bonds. The number of ether oxygens (including phenoxy) is 4. The van der Waals surface area contributed by atoms with Gasteiger partial charge >= 0.3 is 17.9 Å². The summed E-state index contributed by atoms with van der Waals surface area (Å²) in [6.45, 7) is 4.96. The average molecular weight is 1340 g/mol. The highest BCUT2D eigenvalue weighted by molar-refractivity contribution is 5.71. The van der Waals surface area contributed by atoms with Crippen molar-refractivity contribution in [2.24, 2.45) is 0 Å². The molecule has 95 heavy (non-hydrogen) atoms. The Kier molecular flexibility index (Phi) is 75.7. The van der Waals surface area contributed by atoms with Crippen molar-refractivity contribution in [3.63, 3.8) is 0 Å². The van der Waals surface area contributed by atoms with Crippen LogP contribution in [0, 0.1) is 0 Å². The molecule has 0 saturated carbocycles. The predicted molar refractivity (Wildman–Crippen MR) is 411 cm³/mol. The monoisotopic (exact) mass is 1340 g/mol. The van der Waals surface area contributed by atoms with Gasteiger partial charge in [-0.15, -0.1) is 0 Å². The van der Waals surface area contributed by atoms with Gasteiger partial charge in [-0.1, -0.05) is 417 Å². The van der Waals surface area contributed by atoms with Crippen molar-refractivity contribution in [3.8, 4) is 0 Å². The highest BCUT2D eigenvalue weighted by Crippen LogP contribution is 2.21. The third kappa shape index (κ3) is 79.0. The molecule has 0 rings (SSSR count). The van der Waals surface area contributed by atoms with Gasteiger partial charge in [0.05, 0.1) is 34.4 Å². The van der Waals surface area contributed by atoms with Gasteiger partial charge in [0.25, 0.3) is 6.29 Å². The molecule has 0 heterocycles. The quantitative estimate of drug-likeness (QED) is 0.0211. The van der Waals surface area contributed by atoms with Crippen LogP contribution in [0.25, 0.3) is 0 Å². The van der Waals surface area contributed by atoms with Crippen LogP contribution in [0.4, 0.5) is 0 Å². The largest absolute Gasteiger partial charge is 0.477 e. The maximum absolute atomic E-state index is 13.0. The third-order valence-corrected chi connectivity index (χ3v) is 19.7. The topological polar surface area (TPSA) is 108 Å². The van der Waals surface area contributed by atoms with E-state index in [9.17, 15) is 19.5 Å². The van der Waals surface area contributed by atoms with Crippen LogP contribution in [-0.4, -0.2) is 87.4 Å². The fraction of sp³-hybridized carbons (Fsp3) is 0.919. The lowest BCUT2D eigenvalue weighted by Gasteiger charge is -2.25. The van der Waals surface area contributed by atoms with Gasteiger partial charge in [-0.2, -0.15) is 0 Å². The molecule has 1 N–H and O–H groups in total. The minimum atomic E-state index is -1.51. The van der Waals surface area contributed by atoms with Crippen LogP contribution in [0.3, 0.4) is 0 Å². The number of hydrogen-bond acceptors (Lipinski definition) is 7. The molecule has 0 saturated heterocycles. The second-order valence-electron chi connectivity index (χ2n) is 30.5. The first kappa shape index (κ1) is 92.8. The van der Waals surface area contributed by atoms with Crippen molar-refractivity contribution in [2.45, 2.75) is 463 Å². The number of carboxylic acid groups (broad SMARTS) is 1. The van der Waals surface area contributed by atoms with Gasteiger partial charge in [0.2, 0.25) is 0 Å². The molecule has 562 valence electrons. The second kappa shape index (κ2) is 77.5.